The Morgan fingerprint density at radius 2 is 1.89 bits per heavy atom. The summed E-state index contributed by atoms with van der Waals surface area (Å²) in [7, 11) is 0. The maximum atomic E-state index is 14.2. The zero-order valence-electron chi connectivity index (χ0n) is 20.4. The van der Waals surface area contributed by atoms with E-state index in [-0.39, 0.29) is 41.6 Å². The van der Waals surface area contributed by atoms with Gasteiger partial charge in [0.2, 0.25) is 5.91 Å². The molecule has 4 rings (SSSR count). The van der Waals surface area contributed by atoms with E-state index in [1.54, 1.807) is 30.2 Å². The van der Waals surface area contributed by atoms with Crippen LogP contribution in [0.1, 0.15) is 48.5 Å². The predicted molar refractivity (Wildman–Crippen MR) is 134 cm³/mol. The van der Waals surface area contributed by atoms with Crippen LogP contribution in [-0.4, -0.2) is 76.4 Å². The number of likely N-dealkylation sites (N-methyl/N-ethyl adjacent to an activating group) is 1. The van der Waals surface area contributed by atoms with Gasteiger partial charge in [-0.2, -0.15) is 0 Å². The number of ketones is 1. The van der Waals surface area contributed by atoms with Crippen molar-refractivity contribution in [2.75, 3.05) is 37.6 Å². The van der Waals surface area contributed by atoms with E-state index in [2.05, 4.69) is 9.88 Å². The highest BCUT2D eigenvalue weighted by Gasteiger charge is 2.43. The summed E-state index contributed by atoms with van der Waals surface area (Å²) < 4.78 is 14.2. The molecule has 36 heavy (non-hydrogen) atoms. The number of amides is 2. The van der Waals surface area contributed by atoms with E-state index in [1.807, 2.05) is 6.07 Å². The molecular weight excluding hydrogens is 487 g/mol. The smallest absolute Gasteiger partial charge is 0.407 e. The first-order chi connectivity index (χ1) is 17.2. The topological polar surface area (TPSA) is 94.0 Å². The van der Waals surface area contributed by atoms with Gasteiger partial charge in [0.15, 0.2) is 5.78 Å². The molecule has 2 atom stereocenters. The number of carboxylic acid groups (broad SMARTS) is 1. The number of likely N-dealkylation sites (tertiary alicyclic amines) is 1. The quantitative estimate of drug-likeness (QED) is 0.576. The Hall–Kier alpha value is -3.20. The van der Waals surface area contributed by atoms with Gasteiger partial charge in [-0.3, -0.25) is 9.59 Å². The van der Waals surface area contributed by atoms with Gasteiger partial charge in [0.05, 0.1) is 11.1 Å². The first kappa shape index (κ1) is 25.9. The molecule has 1 aromatic carbocycles. The van der Waals surface area contributed by atoms with Crippen LogP contribution in [0.5, 0.6) is 0 Å². The van der Waals surface area contributed by atoms with E-state index in [1.165, 1.54) is 24.0 Å². The fraction of sp³-hybridized carbons (Fsp3) is 0.462. The second-order valence-corrected chi connectivity index (χ2v) is 9.79. The van der Waals surface area contributed by atoms with E-state index in [0.29, 0.717) is 43.6 Å². The lowest BCUT2D eigenvalue weighted by Gasteiger charge is -2.34. The molecule has 3 heterocycles. The van der Waals surface area contributed by atoms with Gasteiger partial charge in [-0.25, -0.2) is 14.2 Å². The molecule has 2 aliphatic heterocycles. The highest BCUT2D eigenvalue weighted by molar-refractivity contribution is 6.30. The minimum Gasteiger partial charge on any atom is -0.465 e. The molecule has 0 radical (unpaired) electrons. The molecule has 1 N–H and O–H groups in total. The number of hydrogen-bond donors (Lipinski definition) is 1. The summed E-state index contributed by atoms with van der Waals surface area (Å²) in [5, 5.41) is 9.76. The third-order valence-electron chi connectivity index (χ3n) is 7.28. The fourth-order valence-electron chi connectivity index (χ4n) is 5.26. The fourth-order valence-corrected chi connectivity index (χ4v) is 5.38. The SMILES string of the molecule is CCN(C(=O)O)[C@@H]1CN(C(=O)C2CCN(c3ccc(C(C)=O)cn3)CC2)C[C@H]1c1ccc(Cl)c(F)c1. The lowest BCUT2D eigenvalue weighted by molar-refractivity contribution is -0.135. The highest BCUT2D eigenvalue weighted by Crippen LogP contribution is 2.35. The second-order valence-electron chi connectivity index (χ2n) is 9.38. The van der Waals surface area contributed by atoms with Gasteiger partial charge in [0.25, 0.3) is 0 Å². The Balaban J connectivity index is 1.46. The lowest BCUT2D eigenvalue weighted by Crippen LogP contribution is -2.45. The van der Waals surface area contributed by atoms with Crippen LogP contribution in [-0.2, 0) is 4.79 Å². The van der Waals surface area contributed by atoms with Crippen molar-refractivity contribution in [3.63, 3.8) is 0 Å². The number of carbonyl (C=O) groups excluding carboxylic acids is 2. The van der Waals surface area contributed by atoms with Gasteiger partial charge >= 0.3 is 6.09 Å². The predicted octanol–water partition coefficient (Wildman–Crippen LogP) is 4.29. The van der Waals surface area contributed by atoms with Crippen LogP contribution in [0.3, 0.4) is 0 Å². The number of piperidine rings is 1. The number of pyridine rings is 1. The number of carbonyl (C=O) groups is 3. The molecule has 2 fully saturated rings. The van der Waals surface area contributed by atoms with Crippen molar-refractivity contribution < 1.29 is 23.9 Å². The summed E-state index contributed by atoms with van der Waals surface area (Å²) in [5.41, 5.74) is 1.19. The highest BCUT2D eigenvalue weighted by atomic mass is 35.5. The summed E-state index contributed by atoms with van der Waals surface area (Å²) in [4.78, 5) is 46.4. The van der Waals surface area contributed by atoms with Gasteiger partial charge in [0, 0.05) is 56.3 Å². The maximum Gasteiger partial charge on any atom is 0.407 e. The van der Waals surface area contributed by atoms with Crippen LogP contribution in [0, 0.1) is 11.7 Å². The van der Waals surface area contributed by atoms with E-state index < -0.39 is 18.0 Å². The molecule has 2 amide bonds. The number of hydrogen-bond acceptors (Lipinski definition) is 5. The summed E-state index contributed by atoms with van der Waals surface area (Å²) in [6.07, 6.45) is 1.80. The van der Waals surface area contributed by atoms with Gasteiger partial charge in [-0.1, -0.05) is 17.7 Å². The van der Waals surface area contributed by atoms with Crippen LogP contribution in [0.4, 0.5) is 15.0 Å². The van der Waals surface area contributed by atoms with E-state index >= 15 is 0 Å². The Kier molecular flexibility index (Phi) is 7.78. The third kappa shape index (κ3) is 5.31. The number of Topliss-reactive ketones (excluding diaryl/α,β-unsaturated/α-hetero) is 1. The summed E-state index contributed by atoms with van der Waals surface area (Å²) >= 11 is 5.85. The normalized spacial score (nSPS) is 20.4. The lowest BCUT2D eigenvalue weighted by atomic mass is 9.93. The van der Waals surface area contributed by atoms with Crippen LogP contribution in [0.2, 0.25) is 5.02 Å². The van der Waals surface area contributed by atoms with E-state index in [9.17, 15) is 23.9 Å². The average molecular weight is 517 g/mol. The van der Waals surface area contributed by atoms with Gasteiger partial charge < -0.3 is 19.8 Å². The van der Waals surface area contributed by atoms with Crippen molar-refractivity contribution >= 4 is 35.2 Å². The molecule has 0 spiro atoms. The van der Waals surface area contributed by atoms with E-state index in [4.69, 9.17) is 11.6 Å². The van der Waals surface area contributed by atoms with Crippen molar-refractivity contribution in [2.24, 2.45) is 5.92 Å². The van der Waals surface area contributed by atoms with Crippen LogP contribution >= 0.6 is 11.6 Å². The van der Waals surface area contributed by atoms with Gasteiger partial charge in [-0.15, -0.1) is 0 Å². The molecule has 10 heteroatoms. The first-order valence-corrected chi connectivity index (χ1v) is 12.5. The molecule has 2 aliphatic rings. The van der Waals surface area contributed by atoms with Gasteiger partial charge in [0.1, 0.15) is 11.6 Å². The standard InChI is InChI=1S/C26H30ClFN4O4/c1-3-32(26(35)36)23-15-31(14-20(23)18-4-6-21(27)22(28)12-18)25(34)17-8-10-30(11-9-17)24-7-5-19(13-29-24)16(2)33/h4-7,12-13,17,20,23H,3,8-11,14-15H2,1-2H3,(H,35,36)/t20-,23+/m0/s1. The summed E-state index contributed by atoms with van der Waals surface area (Å²) in [6, 6.07) is 7.62. The summed E-state index contributed by atoms with van der Waals surface area (Å²) in [5.74, 6) is -0.352. The van der Waals surface area contributed by atoms with Crippen LogP contribution < -0.4 is 4.90 Å². The molecule has 192 valence electrons. The number of halogens is 2. The monoisotopic (exact) mass is 516 g/mol. The Morgan fingerprint density at radius 1 is 1.17 bits per heavy atom. The third-order valence-corrected chi connectivity index (χ3v) is 7.59. The van der Waals surface area contributed by atoms with Crippen molar-refractivity contribution in [3.05, 3.63) is 58.5 Å². The molecular formula is C26H30ClFN4O4. The molecule has 1 aromatic heterocycles. The Labute approximate surface area is 214 Å². The second kappa shape index (κ2) is 10.8. The maximum absolute atomic E-state index is 14.2. The largest absolute Gasteiger partial charge is 0.465 e. The minimum absolute atomic E-state index is 0.00193. The number of nitrogens with zero attached hydrogens (tertiary/aromatic N) is 4. The first-order valence-electron chi connectivity index (χ1n) is 12.1. The van der Waals surface area contributed by atoms with E-state index in [0.717, 1.165) is 5.82 Å². The van der Waals surface area contributed by atoms with Gasteiger partial charge in [-0.05, 0) is 56.5 Å². The number of benzene rings is 1. The van der Waals surface area contributed by atoms with Crippen LogP contribution in [0.15, 0.2) is 36.5 Å². The minimum atomic E-state index is -1.06. The molecule has 2 saturated heterocycles. The van der Waals surface area contributed by atoms with Crippen molar-refractivity contribution in [3.8, 4) is 0 Å². The molecule has 0 saturated carbocycles. The number of rotatable bonds is 6. The molecule has 0 aliphatic carbocycles. The molecule has 2 aromatic rings. The molecule has 0 bridgehead atoms. The van der Waals surface area contributed by atoms with Crippen molar-refractivity contribution in [2.45, 2.75) is 38.6 Å². The molecule has 8 nitrogen and oxygen atoms in total. The summed E-state index contributed by atoms with van der Waals surface area (Å²) in [6.45, 7) is 5.42. The molecule has 0 unspecified atom stereocenters. The number of anilines is 1. The Morgan fingerprint density at radius 3 is 2.44 bits per heavy atom. The Bertz CT molecular complexity index is 1140. The van der Waals surface area contributed by atoms with Crippen molar-refractivity contribution in [1.82, 2.24) is 14.8 Å². The zero-order valence-corrected chi connectivity index (χ0v) is 21.1. The van der Waals surface area contributed by atoms with Crippen LogP contribution in [0.25, 0.3) is 0 Å². The van der Waals surface area contributed by atoms with Crippen molar-refractivity contribution in [1.29, 1.82) is 0 Å². The number of aromatic nitrogens is 1. The average Bonchev–Trinajstić information content (AvgIpc) is 3.30. The zero-order chi connectivity index (χ0) is 26.0.